The highest BCUT2D eigenvalue weighted by Crippen LogP contribution is 2.28. The van der Waals surface area contributed by atoms with Crippen LogP contribution in [0.4, 0.5) is 0 Å². The van der Waals surface area contributed by atoms with Crippen LogP contribution in [-0.4, -0.2) is 54.4 Å². The Morgan fingerprint density at radius 3 is 2.67 bits per heavy atom. The molecule has 1 heterocycles. The number of rotatable bonds is 5. The normalized spacial score (nSPS) is 22.7. The van der Waals surface area contributed by atoms with Gasteiger partial charge >= 0.3 is 0 Å². The van der Waals surface area contributed by atoms with Crippen molar-refractivity contribution >= 4 is 29.9 Å². The Morgan fingerprint density at radius 2 is 2.24 bits per heavy atom. The van der Waals surface area contributed by atoms with Crippen molar-refractivity contribution in [3.05, 3.63) is 18.0 Å². The third-order valence-corrected chi connectivity index (χ3v) is 3.85. The summed E-state index contributed by atoms with van der Waals surface area (Å²) in [6.07, 6.45) is 5.22. The average Bonchev–Trinajstić information content (AvgIpc) is 2.91. The summed E-state index contributed by atoms with van der Waals surface area (Å²) in [5.74, 6) is 1.65. The van der Waals surface area contributed by atoms with Crippen molar-refractivity contribution in [3.8, 4) is 0 Å². The number of hydrogen-bond acceptors (Lipinski definition) is 3. The molecule has 2 N–H and O–H groups in total. The quantitative estimate of drug-likeness (QED) is 0.439. The van der Waals surface area contributed by atoms with Crippen LogP contribution in [0.15, 0.2) is 17.4 Å². The lowest BCUT2D eigenvalue weighted by molar-refractivity contribution is 0.298. The highest BCUT2D eigenvalue weighted by Gasteiger charge is 2.33. The van der Waals surface area contributed by atoms with Crippen LogP contribution < -0.4 is 10.6 Å². The number of aryl methyl sites for hydroxylation is 1. The van der Waals surface area contributed by atoms with Crippen molar-refractivity contribution in [3.63, 3.8) is 0 Å². The number of aromatic nitrogens is 2. The second-order valence-electron chi connectivity index (χ2n) is 5.84. The molecule has 3 atom stereocenters. The lowest BCUT2D eigenvalue weighted by Gasteiger charge is -2.24. The molecule has 6 nitrogen and oxygen atoms in total. The number of guanidine groups is 1. The van der Waals surface area contributed by atoms with Gasteiger partial charge in [0.15, 0.2) is 5.96 Å². The standard InChI is InChI=1S/C14H26N6.HI/c1-10-6-12(10)18-14(15-2)16-8-13(19(3)4)11-7-17-20(5)9-11;/h7,9-10,12-13H,6,8H2,1-5H3,(H2,15,16,18);1H. The predicted molar refractivity (Wildman–Crippen MR) is 97.1 cm³/mol. The van der Waals surface area contributed by atoms with Gasteiger partial charge in [0.25, 0.3) is 0 Å². The molecular weight excluding hydrogens is 379 g/mol. The minimum absolute atomic E-state index is 0. The fourth-order valence-corrected chi connectivity index (χ4v) is 2.30. The first-order chi connectivity index (χ1) is 9.51. The number of nitrogens with zero attached hydrogens (tertiary/aromatic N) is 4. The third-order valence-electron chi connectivity index (χ3n) is 3.85. The van der Waals surface area contributed by atoms with Gasteiger partial charge < -0.3 is 15.5 Å². The van der Waals surface area contributed by atoms with Gasteiger partial charge in [-0.3, -0.25) is 9.67 Å². The number of hydrogen-bond donors (Lipinski definition) is 2. The van der Waals surface area contributed by atoms with E-state index in [2.05, 4.69) is 52.8 Å². The number of aliphatic imine (C=N–C) groups is 1. The zero-order chi connectivity index (χ0) is 14.7. The summed E-state index contributed by atoms with van der Waals surface area (Å²) in [5, 5.41) is 11.1. The third kappa shape index (κ3) is 5.14. The Morgan fingerprint density at radius 1 is 1.57 bits per heavy atom. The molecule has 3 unspecified atom stereocenters. The summed E-state index contributed by atoms with van der Waals surface area (Å²) in [6, 6.07) is 0.858. The second-order valence-corrected chi connectivity index (χ2v) is 5.84. The van der Waals surface area contributed by atoms with Gasteiger partial charge in [0.1, 0.15) is 0 Å². The maximum absolute atomic E-state index is 4.29. The Hall–Kier alpha value is -0.830. The minimum atomic E-state index is 0. The first-order valence-electron chi connectivity index (χ1n) is 7.13. The van der Waals surface area contributed by atoms with Crippen molar-refractivity contribution < 1.29 is 0 Å². The number of halogens is 1. The first kappa shape index (κ1) is 18.2. The molecule has 1 fully saturated rings. The molecule has 0 bridgehead atoms. The molecule has 120 valence electrons. The summed E-state index contributed by atoms with van der Waals surface area (Å²) < 4.78 is 1.84. The van der Waals surface area contributed by atoms with Gasteiger partial charge in [-0.15, -0.1) is 24.0 Å². The Labute approximate surface area is 144 Å². The zero-order valence-corrected chi connectivity index (χ0v) is 15.8. The van der Waals surface area contributed by atoms with Gasteiger partial charge in [-0.2, -0.15) is 5.10 Å². The molecule has 1 aromatic heterocycles. The van der Waals surface area contributed by atoms with Crippen molar-refractivity contribution in [2.24, 2.45) is 18.0 Å². The first-order valence-corrected chi connectivity index (χ1v) is 7.13. The van der Waals surface area contributed by atoms with Gasteiger partial charge in [0.05, 0.1) is 12.2 Å². The Balaban J connectivity index is 0.00000220. The molecule has 0 aromatic carbocycles. The molecule has 1 aromatic rings. The van der Waals surface area contributed by atoms with E-state index < -0.39 is 0 Å². The smallest absolute Gasteiger partial charge is 0.191 e. The van der Waals surface area contributed by atoms with Crippen molar-refractivity contribution in [1.29, 1.82) is 0 Å². The summed E-state index contributed by atoms with van der Waals surface area (Å²) >= 11 is 0. The van der Waals surface area contributed by atoms with Gasteiger partial charge in [0, 0.05) is 38.4 Å². The SMILES string of the molecule is CN=C(NCC(c1cnn(C)c1)N(C)C)NC1CC1C.I. The molecule has 0 radical (unpaired) electrons. The van der Waals surface area contributed by atoms with E-state index in [4.69, 9.17) is 0 Å². The van der Waals surface area contributed by atoms with Gasteiger partial charge in [-0.25, -0.2) is 0 Å². The number of nitrogens with one attached hydrogen (secondary N) is 2. The van der Waals surface area contributed by atoms with Crippen LogP contribution in [-0.2, 0) is 7.05 Å². The van der Waals surface area contributed by atoms with E-state index in [9.17, 15) is 0 Å². The molecule has 1 saturated carbocycles. The lowest BCUT2D eigenvalue weighted by Crippen LogP contribution is -2.42. The van der Waals surface area contributed by atoms with E-state index in [0.717, 1.165) is 18.4 Å². The predicted octanol–water partition coefficient (Wildman–Crippen LogP) is 1.21. The highest BCUT2D eigenvalue weighted by atomic mass is 127. The van der Waals surface area contributed by atoms with Crippen molar-refractivity contribution in [1.82, 2.24) is 25.3 Å². The van der Waals surface area contributed by atoms with E-state index in [1.165, 1.54) is 12.0 Å². The largest absolute Gasteiger partial charge is 0.354 e. The van der Waals surface area contributed by atoms with Crippen LogP contribution in [0.25, 0.3) is 0 Å². The molecule has 0 saturated heterocycles. The molecular formula is C14H27IN6. The zero-order valence-electron chi connectivity index (χ0n) is 13.5. The molecule has 2 rings (SSSR count). The average molecular weight is 406 g/mol. The fraction of sp³-hybridized carbons (Fsp3) is 0.714. The van der Waals surface area contributed by atoms with Crippen LogP contribution in [0.2, 0.25) is 0 Å². The summed E-state index contributed by atoms with van der Waals surface area (Å²) in [4.78, 5) is 6.48. The van der Waals surface area contributed by atoms with E-state index in [-0.39, 0.29) is 30.0 Å². The van der Waals surface area contributed by atoms with Crippen LogP contribution in [0.1, 0.15) is 24.9 Å². The van der Waals surface area contributed by atoms with Crippen LogP contribution in [0.5, 0.6) is 0 Å². The van der Waals surface area contributed by atoms with Crippen molar-refractivity contribution in [2.45, 2.75) is 25.4 Å². The maximum atomic E-state index is 4.29. The Bertz CT molecular complexity index is 470. The summed E-state index contributed by atoms with van der Waals surface area (Å²) in [7, 11) is 7.92. The lowest BCUT2D eigenvalue weighted by atomic mass is 10.1. The van der Waals surface area contributed by atoms with Gasteiger partial charge in [-0.1, -0.05) is 6.92 Å². The summed E-state index contributed by atoms with van der Waals surface area (Å²) in [6.45, 7) is 3.06. The molecule has 7 heteroatoms. The topological polar surface area (TPSA) is 57.5 Å². The van der Waals surface area contributed by atoms with Gasteiger partial charge in [0.2, 0.25) is 0 Å². The van der Waals surface area contributed by atoms with E-state index in [1.54, 1.807) is 0 Å². The minimum Gasteiger partial charge on any atom is -0.354 e. The van der Waals surface area contributed by atoms with E-state index >= 15 is 0 Å². The Kier molecular flexibility index (Phi) is 6.92. The molecule has 1 aliphatic rings. The highest BCUT2D eigenvalue weighted by molar-refractivity contribution is 14.0. The molecule has 1 aliphatic carbocycles. The maximum Gasteiger partial charge on any atom is 0.191 e. The van der Waals surface area contributed by atoms with E-state index in [0.29, 0.717) is 6.04 Å². The number of likely N-dealkylation sites (N-methyl/N-ethyl adjacent to an activating group) is 1. The summed E-state index contributed by atoms with van der Waals surface area (Å²) in [5.41, 5.74) is 1.21. The van der Waals surface area contributed by atoms with Crippen LogP contribution in [0.3, 0.4) is 0 Å². The van der Waals surface area contributed by atoms with Crippen molar-refractivity contribution in [2.75, 3.05) is 27.7 Å². The van der Waals surface area contributed by atoms with Crippen LogP contribution >= 0.6 is 24.0 Å². The molecule has 0 aliphatic heterocycles. The fourth-order valence-electron chi connectivity index (χ4n) is 2.30. The van der Waals surface area contributed by atoms with Gasteiger partial charge in [-0.05, 0) is 26.4 Å². The second kappa shape index (κ2) is 7.98. The molecule has 0 amide bonds. The van der Waals surface area contributed by atoms with E-state index in [1.807, 2.05) is 25.0 Å². The monoisotopic (exact) mass is 406 g/mol. The molecule has 0 spiro atoms. The molecule has 21 heavy (non-hydrogen) atoms. The van der Waals surface area contributed by atoms with Crippen LogP contribution in [0, 0.1) is 5.92 Å².